The number of thioether (sulfide) groups is 1. The zero-order valence-electron chi connectivity index (χ0n) is 17.7. The first-order valence-electron chi connectivity index (χ1n) is 9.31. The van der Waals surface area contributed by atoms with Crippen molar-refractivity contribution in [3.8, 4) is 22.9 Å². The van der Waals surface area contributed by atoms with Crippen LogP contribution in [0, 0.1) is 13.8 Å². The molecule has 1 heterocycles. The number of hydrogen-bond donors (Lipinski definition) is 1. The normalized spacial score (nSPS) is 10.6. The van der Waals surface area contributed by atoms with E-state index < -0.39 is 0 Å². The van der Waals surface area contributed by atoms with E-state index in [0.717, 1.165) is 10.8 Å². The number of methoxy groups -OCH3 is 3. The number of amides is 1. The van der Waals surface area contributed by atoms with Crippen molar-refractivity contribution in [1.82, 2.24) is 9.55 Å². The molecule has 0 bridgehead atoms. The monoisotopic (exact) mass is 427 g/mol. The van der Waals surface area contributed by atoms with Gasteiger partial charge in [-0.3, -0.25) is 9.36 Å². The molecule has 1 amide bonds. The SMILES string of the molecule is COc1cc(NC(=O)CSc2nccn2-c2cccc(C)c2C)cc(OC)c1OC. The summed E-state index contributed by atoms with van der Waals surface area (Å²) in [4.78, 5) is 17.0. The third kappa shape index (κ3) is 4.54. The molecule has 158 valence electrons. The summed E-state index contributed by atoms with van der Waals surface area (Å²) in [6.45, 7) is 4.16. The van der Waals surface area contributed by atoms with Crippen molar-refractivity contribution in [3.05, 3.63) is 53.9 Å². The predicted octanol–water partition coefficient (Wildman–Crippen LogP) is 4.25. The molecule has 0 aliphatic carbocycles. The highest BCUT2D eigenvalue weighted by Crippen LogP contribution is 2.40. The standard InChI is InChI=1S/C22H25N3O4S/c1-14-7-6-8-17(15(14)2)25-10-9-23-22(25)30-13-20(26)24-16-11-18(27-3)21(29-5)19(12-16)28-4/h6-12H,13H2,1-5H3,(H,24,26). The van der Waals surface area contributed by atoms with Gasteiger partial charge in [0, 0.05) is 30.2 Å². The first-order valence-corrected chi connectivity index (χ1v) is 10.3. The zero-order valence-corrected chi connectivity index (χ0v) is 18.5. The number of aryl methyl sites for hydroxylation is 1. The smallest absolute Gasteiger partial charge is 0.234 e. The van der Waals surface area contributed by atoms with Crippen molar-refractivity contribution in [2.45, 2.75) is 19.0 Å². The summed E-state index contributed by atoms with van der Waals surface area (Å²) in [7, 11) is 4.60. The van der Waals surface area contributed by atoms with Crippen LogP contribution < -0.4 is 19.5 Å². The van der Waals surface area contributed by atoms with Gasteiger partial charge in [0.15, 0.2) is 16.7 Å². The number of benzene rings is 2. The minimum absolute atomic E-state index is 0.162. The van der Waals surface area contributed by atoms with E-state index in [-0.39, 0.29) is 11.7 Å². The van der Waals surface area contributed by atoms with Crippen LogP contribution in [0.1, 0.15) is 11.1 Å². The Hall–Kier alpha value is -3.13. The predicted molar refractivity (Wildman–Crippen MR) is 118 cm³/mol. The lowest BCUT2D eigenvalue weighted by Crippen LogP contribution is -2.15. The van der Waals surface area contributed by atoms with Gasteiger partial charge in [-0.2, -0.15) is 0 Å². The van der Waals surface area contributed by atoms with Gasteiger partial charge < -0.3 is 19.5 Å². The lowest BCUT2D eigenvalue weighted by molar-refractivity contribution is -0.113. The number of rotatable bonds is 8. The molecule has 0 unspecified atom stereocenters. The maximum absolute atomic E-state index is 12.5. The number of nitrogens with zero attached hydrogens (tertiary/aromatic N) is 2. The van der Waals surface area contributed by atoms with Gasteiger partial charge in [0.25, 0.3) is 0 Å². The zero-order chi connectivity index (χ0) is 21.7. The Balaban J connectivity index is 1.72. The maximum Gasteiger partial charge on any atom is 0.234 e. The number of nitrogens with one attached hydrogen (secondary N) is 1. The van der Waals surface area contributed by atoms with Crippen LogP contribution in [-0.4, -0.2) is 42.5 Å². The summed E-state index contributed by atoms with van der Waals surface area (Å²) in [5.74, 6) is 1.47. The molecule has 1 N–H and O–H groups in total. The van der Waals surface area contributed by atoms with Crippen LogP contribution in [0.5, 0.6) is 17.2 Å². The Morgan fingerprint density at radius 2 is 1.80 bits per heavy atom. The van der Waals surface area contributed by atoms with Gasteiger partial charge in [0.2, 0.25) is 11.7 Å². The van der Waals surface area contributed by atoms with Gasteiger partial charge in [-0.15, -0.1) is 0 Å². The highest BCUT2D eigenvalue weighted by Gasteiger charge is 2.16. The molecule has 3 rings (SSSR count). The molecule has 0 aliphatic heterocycles. The molecule has 0 saturated carbocycles. The van der Waals surface area contributed by atoms with E-state index >= 15 is 0 Å². The second-order valence-electron chi connectivity index (χ2n) is 6.55. The molecule has 0 saturated heterocycles. The summed E-state index contributed by atoms with van der Waals surface area (Å²) in [5.41, 5.74) is 4.00. The summed E-state index contributed by atoms with van der Waals surface area (Å²) in [6, 6.07) is 9.53. The molecule has 0 fully saturated rings. The van der Waals surface area contributed by atoms with Crippen molar-refractivity contribution in [2.75, 3.05) is 32.4 Å². The number of carbonyl (C=O) groups is 1. The Morgan fingerprint density at radius 3 is 2.43 bits per heavy atom. The second-order valence-corrected chi connectivity index (χ2v) is 7.49. The van der Waals surface area contributed by atoms with Crippen molar-refractivity contribution >= 4 is 23.4 Å². The molecule has 0 atom stereocenters. The van der Waals surface area contributed by atoms with Crippen molar-refractivity contribution in [1.29, 1.82) is 0 Å². The van der Waals surface area contributed by atoms with Crippen LogP contribution in [-0.2, 0) is 4.79 Å². The van der Waals surface area contributed by atoms with Crippen LogP contribution in [0.4, 0.5) is 5.69 Å². The Bertz CT molecular complexity index is 1020. The average molecular weight is 428 g/mol. The van der Waals surface area contributed by atoms with Gasteiger partial charge in [0.05, 0.1) is 32.8 Å². The quantitative estimate of drug-likeness (QED) is 0.542. The van der Waals surface area contributed by atoms with Gasteiger partial charge in [-0.05, 0) is 31.0 Å². The number of imidazole rings is 1. The number of anilines is 1. The van der Waals surface area contributed by atoms with Crippen LogP contribution in [0.15, 0.2) is 47.9 Å². The molecule has 0 radical (unpaired) electrons. The average Bonchev–Trinajstić information content (AvgIpc) is 3.21. The number of hydrogen-bond acceptors (Lipinski definition) is 6. The van der Waals surface area contributed by atoms with Gasteiger partial charge in [0.1, 0.15) is 0 Å². The van der Waals surface area contributed by atoms with E-state index in [2.05, 4.69) is 30.2 Å². The van der Waals surface area contributed by atoms with Crippen molar-refractivity contribution < 1.29 is 19.0 Å². The van der Waals surface area contributed by atoms with Crippen LogP contribution >= 0.6 is 11.8 Å². The Labute approximate surface area is 180 Å². The molecule has 0 spiro atoms. The first kappa shape index (κ1) is 21.6. The third-order valence-electron chi connectivity index (χ3n) is 4.72. The molecule has 3 aromatic rings. The summed E-state index contributed by atoms with van der Waals surface area (Å²) >= 11 is 1.37. The molecular weight excluding hydrogens is 402 g/mol. The second kappa shape index (κ2) is 9.58. The largest absolute Gasteiger partial charge is 0.493 e. The van der Waals surface area contributed by atoms with E-state index in [9.17, 15) is 4.79 Å². The van der Waals surface area contributed by atoms with E-state index in [4.69, 9.17) is 14.2 Å². The molecule has 1 aromatic heterocycles. The minimum Gasteiger partial charge on any atom is -0.493 e. The fourth-order valence-corrected chi connectivity index (χ4v) is 3.82. The van der Waals surface area contributed by atoms with E-state index in [0.29, 0.717) is 22.9 Å². The fraction of sp³-hybridized carbons (Fsp3) is 0.273. The molecular formula is C22H25N3O4S. The lowest BCUT2D eigenvalue weighted by atomic mass is 10.1. The molecule has 8 heteroatoms. The van der Waals surface area contributed by atoms with Gasteiger partial charge in [-0.25, -0.2) is 4.98 Å². The molecule has 7 nitrogen and oxygen atoms in total. The fourth-order valence-electron chi connectivity index (χ4n) is 3.06. The van der Waals surface area contributed by atoms with E-state index in [1.165, 1.54) is 44.2 Å². The highest BCUT2D eigenvalue weighted by atomic mass is 32.2. The topological polar surface area (TPSA) is 74.6 Å². The first-order chi connectivity index (χ1) is 14.5. The number of aromatic nitrogens is 2. The number of ether oxygens (including phenoxy) is 3. The summed E-state index contributed by atoms with van der Waals surface area (Å²) in [6.07, 6.45) is 3.64. The van der Waals surface area contributed by atoms with E-state index in [1.54, 1.807) is 18.3 Å². The van der Waals surface area contributed by atoms with Gasteiger partial charge in [-0.1, -0.05) is 23.9 Å². The number of carbonyl (C=O) groups excluding carboxylic acids is 1. The van der Waals surface area contributed by atoms with E-state index in [1.807, 2.05) is 22.9 Å². The molecule has 2 aromatic carbocycles. The minimum atomic E-state index is -0.162. The molecule has 0 aliphatic rings. The van der Waals surface area contributed by atoms with Crippen LogP contribution in [0.25, 0.3) is 5.69 Å². The van der Waals surface area contributed by atoms with Crippen LogP contribution in [0.2, 0.25) is 0 Å². The maximum atomic E-state index is 12.5. The Kier molecular flexibility index (Phi) is 6.89. The van der Waals surface area contributed by atoms with Crippen molar-refractivity contribution in [3.63, 3.8) is 0 Å². The van der Waals surface area contributed by atoms with Gasteiger partial charge >= 0.3 is 0 Å². The van der Waals surface area contributed by atoms with Crippen LogP contribution in [0.3, 0.4) is 0 Å². The lowest BCUT2D eigenvalue weighted by Gasteiger charge is -2.15. The molecule has 30 heavy (non-hydrogen) atoms. The highest BCUT2D eigenvalue weighted by molar-refractivity contribution is 7.99. The van der Waals surface area contributed by atoms with Crippen molar-refractivity contribution in [2.24, 2.45) is 0 Å². The summed E-state index contributed by atoms with van der Waals surface area (Å²) in [5, 5.41) is 3.63. The summed E-state index contributed by atoms with van der Waals surface area (Å²) < 4.78 is 18.0. The third-order valence-corrected chi connectivity index (χ3v) is 5.69. The Morgan fingerprint density at radius 1 is 1.10 bits per heavy atom.